The van der Waals surface area contributed by atoms with Gasteiger partial charge in [0.25, 0.3) is 5.91 Å². The molecule has 2 aromatic rings. The van der Waals surface area contributed by atoms with Crippen molar-refractivity contribution in [1.29, 1.82) is 0 Å². The van der Waals surface area contributed by atoms with Crippen LogP contribution in [0.25, 0.3) is 6.08 Å². The van der Waals surface area contributed by atoms with Gasteiger partial charge in [-0.2, -0.15) is 0 Å². The first-order valence-corrected chi connectivity index (χ1v) is 9.17. The first-order valence-electron chi connectivity index (χ1n) is 8.35. The Labute approximate surface area is 162 Å². The molecule has 0 spiro atoms. The SMILES string of the molecule is C=CCc1cc(/C=C2/SC(=Nc3ccccc3)N(C)C2=O)cc(OC)c1O. The summed E-state index contributed by atoms with van der Waals surface area (Å²) < 4.78 is 5.25. The number of rotatable bonds is 5. The highest BCUT2D eigenvalue weighted by Crippen LogP contribution is 2.36. The van der Waals surface area contributed by atoms with Gasteiger partial charge in [0.2, 0.25) is 0 Å². The predicted octanol–water partition coefficient (Wildman–Crippen LogP) is 4.36. The average Bonchev–Trinajstić information content (AvgIpc) is 2.93. The fourth-order valence-electron chi connectivity index (χ4n) is 2.66. The molecule has 3 rings (SSSR count). The van der Waals surface area contributed by atoms with Gasteiger partial charge in [-0.1, -0.05) is 24.3 Å². The Balaban J connectivity index is 1.95. The lowest BCUT2D eigenvalue weighted by Crippen LogP contribution is -2.23. The Kier molecular flexibility index (Phi) is 5.66. The van der Waals surface area contributed by atoms with Crippen molar-refractivity contribution in [3.63, 3.8) is 0 Å². The minimum atomic E-state index is -0.119. The van der Waals surface area contributed by atoms with E-state index in [0.717, 1.165) is 11.3 Å². The molecule has 0 saturated carbocycles. The summed E-state index contributed by atoms with van der Waals surface area (Å²) in [6.45, 7) is 3.71. The molecule has 138 valence electrons. The van der Waals surface area contributed by atoms with Gasteiger partial charge in [-0.15, -0.1) is 6.58 Å². The maximum atomic E-state index is 12.6. The van der Waals surface area contributed by atoms with E-state index in [2.05, 4.69) is 11.6 Å². The largest absolute Gasteiger partial charge is 0.504 e. The molecule has 0 unspecified atom stereocenters. The third-order valence-electron chi connectivity index (χ3n) is 4.04. The number of hydrogen-bond acceptors (Lipinski definition) is 5. The van der Waals surface area contributed by atoms with Gasteiger partial charge in [0.05, 0.1) is 17.7 Å². The number of carbonyl (C=O) groups is 1. The highest BCUT2D eigenvalue weighted by molar-refractivity contribution is 8.18. The van der Waals surface area contributed by atoms with Crippen LogP contribution < -0.4 is 4.74 Å². The number of phenols is 1. The Morgan fingerprint density at radius 3 is 2.70 bits per heavy atom. The second-order valence-electron chi connectivity index (χ2n) is 5.93. The number of likely N-dealkylation sites (N-methyl/N-ethyl adjacent to an activating group) is 1. The number of allylic oxidation sites excluding steroid dienone is 1. The number of thioether (sulfide) groups is 1. The highest BCUT2D eigenvalue weighted by atomic mass is 32.2. The molecule has 1 fully saturated rings. The monoisotopic (exact) mass is 380 g/mol. The summed E-state index contributed by atoms with van der Waals surface area (Å²) in [5.74, 6) is 0.337. The summed E-state index contributed by atoms with van der Waals surface area (Å²) in [5.41, 5.74) is 2.25. The second kappa shape index (κ2) is 8.14. The average molecular weight is 380 g/mol. The van der Waals surface area contributed by atoms with Crippen molar-refractivity contribution in [2.75, 3.05) is 14.2 Å². The van der Waals surface area contributed by atoms with E-state index in [1.807, 2.05) is 36.4 Å². The number of methoxy groups -OCH3 is 1. The third kappa shape index (κ3) is 4.06. The fourth-order valence-corrected chi connectivity index (χ4v) is 3.64. The molecule has 1 aliphatic heterocycles. The zero-order chi connectivity index (χ0) is 19.4. The molecule has 0 radical (unpaired) electrons. The lowest BCUT2D eigenvalue weighted by molar-refractivity contribution is -0.121. The normalized spacial score (nSPS) is 17.0. The first-order chi connectivity index (χ1) is 13.0. The number of nitrogens with zero attached hydrogens (tertiary/aromatic N) is 2. The van der Waals surface area contributed by atoms with Crippen molar-refractivity contribution < 1.29 is 14.6 Å². The van der Waals surface area contributed by atoms with E-state index in [9.17, 15) is 9.90 Å². The van der Waals surface area contributed by atoms with Gasteiger partial charge in [-0.25, -0.2) is 4.99 Å². The van der Waals surface area contributed by atoms with Gasteiger partial charge in [0.15, 0.2) is 16.7 Å². The van der Waals surface area contributed by atoms with Crippen molar-refractivity contribution in [1.82, 2.24) is 4.90 Å². The number of phenolic OH excluding ortho intramolecular Hbond substituents is 1. The van der Waals surface area contributed by atoms with Crippen molar-refractivity contribution in [3.05, 3.63) is 71.2 Å². The first kappa shape index (κ1) is 18.8. The maximum Gasteiger partial charge on any atom is 0.266 e. The number of ether oxygens (including phenoxy) is 1. The van der Waals surface area contributed by atoms with Crippen LogP contribution in [0.4, 0.5) is 5.69 Å². The van der Waals surface area contributed by atoms with Crippen LogP contribution in [-0.2, 0) is 11.2 Å². The summed E-state index contributed by atoms with van der Waals surface area (Å²) in [7, 11) is 3.20. The smallest absolute Gasteiger partial charge is 0.266 e. The standard InChI is InChI=1S/C21H20N2O3S/c1-4-8-15-11-14(12-17(26-3)19(15)24)13-18-20(25)23(2)21(27-18)22-16-9-6-5-7-10-16/h4-7,9-13,24H,1,8H2,2-3H3/b18-13+,22-21?. The Morgan fingerprint density at radius 1 is 1.30 bits per heavy atom. The summed E-state index contributed by atoms with van der Waals surface area (Å²) in [6.07, 6.45) is 3.99. The minimum absolute atomic E-state index is 0.0911. The molecule has 0 atom stereocenters. The van der Waals surface area contributed by atoms with Gasteiger partial charge < -0.3 is 9.84 Å². The van der Waals surface area contributed by atoms with Crippen LogP contribution in [0.3, 0.4) is 0 Å². The molecule has 2 aromatic carbocycles. The highest BCUT2D eigenvalue weighted by Gasteiger charge is 2.30. The zero-order valence-corrected chi connectivity index (χ0v) is 16.0. The van der Waals surface area contributed by atoms with Crippen molar-refractivity contribution in [2.24, 2.45) is 4.99 Å². The van der Waals surface area contributed by atoms with Crippen LogP contribution in [-0.4, -0.2) is 35.2 Å². The Morgan fingerprint density at radius 2 is 2.04 bits per heavy atom. The molecule has 0 bridgehead atoms. The zero-order valence-electron chi connectivity index (χ0n) is 15.2. The van der Waals surface area contributed by atoms with E-state index in [-0.39, 0.29) is 11.7 Å². The van der Waals surface area contributed by atoms with Crippen LogP contribution >= 0.6 is 11.8 Å². The lowest BCUT2D eigenvalue weighted by Gasteiger charge is -2.09. The third-order valence-corrected chi connectivity index (χ3v) is 5.10. The van der Waals surface area contributed by atoms with E-state index in [1.165, 1.54) is 23.8 Å². The number of carbonyl (C=O) groups excluding carboxylic acids is 1. The van der Waals surface area contributed by atoms with Crippen molar-refractivity contribution in [2.45, 2.75) is 6.42 Å². The summed E-state index contributed by atoms with van der Waals surface area (Å²) in [4.78, 5) is 19.2. The van der Waals surface area contributed by atoms with Gasteiger partial charge in [0.1, 0.15) is 0 Å². The van der Waals surface area contributed by atoms with Crippen LogP contribution in [0.15, 0.2) is 65.0 Å². The fraction of sp³-hybridized carbons (Fsp3) is 0.143. The molecule has 0 aromatic heterocycles. The molecule has 5 nitrogen and oxygen atoms in total. The Bertz CT molecular complexity index is 936. The van der Waals surface area contributed by atoms with Gasteiger partial charge in [0, 0.05) is 12.6 Å². The molecule has 1 saturated heterocycles. The number of amidine groups is 1. The molecular formula is C21H20N2O3S. The molecule has 1 amide bonds. The maximum absolute atomic E-state index is 12.6. The van der Waals surface area contributed by atoms with E-state index < -0.39 is 0 Å². The van der Waals surface area contributed by atoms with E-state index in [1.54, 1.807) is 25.3 Å². The summed E-state index contributed by atoms with van der Waals surface area (Å²) >= 11 is 1.32. The quantitative estimate of drug-likeness (QED) is 0.618. The molecule has 6 heteroatoms. The molecule has 0 aliphatic carbocycles. The number of benzene rings is 2. The number of para-hydroxylation sites is 1. The topological polar surface area (TPSA) is 62.1 Å². The molecule has 1 N–H and O–H groups in total. The van der Waals surface area contributed by atoms with Crippen LogP contribution in [0.1, 0.15) is 11.1 Å². The van der Waals surface area contributed by atoms with E-state index in [4.69, 9.17) is 4.74 Å². The predicted molar refractivity (Wildman–Crippen MR) is 110 cm³/mol. The molecule has 1 heterocycles. The van der Waals surface area contributed by atoms with Crippen molar-refractivity contribution in [3.8, 4) is 11.5 Å². The lowest BCUT2D eigenvalue weighted by atomic mass is 10.1. The molecular weight excluding hydrogens is 360 g/mol. The van der Waals surface area contributed by atoms with Crippen LogP contribution in [0, 0.1) is 0 Å². The number of aliphatic imine (C=N–C) groups is 1. The van der Waals surface area contributed by atoms with Crippen LogP contribution in [0.2, 0.25) is 0 Å². The number of hydrogen-bond donors (Lipinski definition) is 1. The van der Waals surface area contributed by atoms with E-state index in [0.29, 0.717) is 27.8 Å². The minimum Gasteiger partial charge on any atom is -0.504 e. The number of amides is 1. The molecule has 1 aliphatic rings. The summed E-state index contributed by atoms with van der Waals surface area (Å²) in [5, 5.41) is 10.8. The van der Waals surface area contributed by atoms with Gasteiger partial charge in [-0.05, 0) is 54.1 Å². The summed E-state index contributed by atoms with van der Waals surface area (Å²) in [6, 6.07) is 13.0. The van der Waals surface area contributed by atoms with Crippen LogP contribution in [0.5, 0.6) is 11.5 Å². The second-order valence-corrected chi connectivity index (χ2v) is 6.94. The number of aromatic hydroxyl groups is 1. The van der Waals surface area contributed by atoms with Gasteiger partial charge in [-0.3, -0.25) is 9.69 Å². The van der Waals surface area contributed by atoms with Gasteiger partial charge >= 0.3 is 0 Å². The van der Waals surface area contributed by atoms with Crippen molar-refractivity contribution >= 4 is 34.6 Å². The van der Waals surface area contributed by atoms with E-state index >= 15 is 0 Å². The molecule has 27 heavy (non-hydrogen) atoms. The Hall–Kier alpha value is -2.99.